The predicted octanol–water partition coefficient (Wildman–Crippen LogP) is 3.37. The van der Waals surface area contributed by atoms with Crippen LogP contribution in [-0.2, 0) is 30.2 Å². The number of aliphatic hydroxyl groups excluding tert-OH is 1. The number of hydrogen-bond donors (Lipinski definition) is 1. The minimum Gasteiger partial charge on any atom is -0.482 e. The van der Waals surface area contributed by atoms with E-state index in [0.29, 0.717) is 18.8 Å². The van der Waals surface area contributed by atoms with Gasteiger partial charge in [-0.05, 0) is 42.2 Å². The van der Waals surface area contributed by atoms with E-state index in [1.54, 1.807) is 12.2 Å². The van der Waals surface area contributed by atoms with Crippen LogP contribution in [0, 0.1) is 5.92 Å². The highest BCUT2D eigenvalue weighted by atomic mass is 16.6. The average Bonchev–Trinajstić information content (AvgIpc) is 3.30. The van der Waals surface area contributed by atoms with Crippen molar-refractivity contribution in [2.24, 2.45) is 5.92 Å². The summed E-state index contributed by atoms with van der Waals surface area (Å²) in [4.78, 5) is 40.7. The Morgan fingerprint density at radius 2 is 1.78 bits per heavy atom. The summed E-state index contributed by atoms with van der Waals surface area (Å²) >= 11 is 0. The zero-order valence-corrected chi connectivity index (χ0v) is 19.8. The molecule has 0 aromatic heterocycles. The van der Waals surface area contributed by atoms with Gasteiger partial charge in [0.25, 0.3) is 0 Å². The fourth-order valence-corrected chi connectivity index (χ4v) is 4.31. The van der Waals surface area contributed by atoms with E-state index in [-0.39, 0.29) is 32.0 Å². The van der Waals surface area contributed by atoms with Gasteiger partial charge in [0.15, 0.2) is 11.9 Å². The molecule has 188 valence electrons. The van der Waals surface area contributed by atoms with Crippen LogP contribution < -0.4 is 0 Å². The third-order valence-electron chi connectivity index (χ3n) is 6.07. The normalized spacial score (nSPS) is 21.4. The van der Waals surface area contributed by atoms with E-state index in [9.17, 15) is 14.4 Å². The van der Waals surface area contributed by atoms with Crippen LogP contribution in [0.2, 0.25) is 0 Å². The van der Waals surface area contributed by atoms with Crippen molar-refractivity contribution in [2.75, 3.05) is 26.4 Å². The molecule has 0 bridgehead atoms. The Hall–Kier alpha value is -3.75. The van der Waals surface area contributed by atoms with Crippen LogP contribution in [0.5, 0.6) is 0 Å². The molecule has 1 fully saturated rings. The fraction of sp³-hybridized carbons (Fsp3) is 0.321. The molecule has 36 heavy (non-hydrogen) atoms. The van der Waals surface area contributed by atoms with E-state index in [2.05, 4.69) is 0 Å². The van der Waals surface area contributed by atoms with Crippen molar-refractivity contribution < 1.29 is 33.7 Å². The minimum atomic E-state index is -1.10. The molecule has 3 atom stereocenters. The molecule has 0 saturated carbocycles. The Labute approximate surface area is 209 Å². The maximum Gasteiger partial charge on any atom is 0.417 e. The van der Waals surface area contributed by atoms with Crippen LogP contribution in [-0.4, -0.2) is 60.3 Å². The lowest BCUT2D eigenvalue weighted by Gasteiger charge is -2.31. The summed E-state index contributed by atoms with van der Waals surface area (Å²) < 4.78 is 16.5. The van der Waals surface area contributed by atoms with Gasteiger partial charge in [-0.15, -0.1) is 0 Å². The minimum absolute atomic E-state index is 0.0466. The Morgan fingerprint density at radius 3 is 2.50 bits per heavy atom. The van der Waals surface area contributed by atoms with E-state index >= 15 is 0 Å². The second kappa shape index (κ2) is 12.3. The molecule has 8 nitrogen and oxygen atoms in total. The van der Waals surface area contributed by atoms with Gasteiger partial charge in [0.05, 0.1) is 25.7 Å². The molecule has 2 aliphatic rings. The van der Waals surface area contributed by atoms with E-state index in [1.807, 2.05) is 60.7 Å². The van der Waals surface area contributed by atoms with Crippen molar-refractivity contribution in [3.63, 3.8) is 0 Å². The summed E-state index contributed by atoms with van der Waals surface area (Å²) in [6, 6.07) is 17.9. The lowest BCUT2D eigenvalue weighted by Crippen LogP contribution is -2.47. The van der Waals surface area contributed by atoms with Gasteiger partial charge in [0, 0.05) is 0 Å². The largest absolute Gasteiger partial charge is 0.482 e. The highest BCUT2D eigenvalue weighted by molar-refractivity contribution is 6.02. The van der Waals surface area contributed by atoms with Crippen LogP contribution in [0.3, 0.4) is 0 Å². The first-order chi connectivity index (χ1) is 17.6. The van der Waals surface area contributed by atoms with Gasteiger partial charge >= 0.3 is 6.09 Å². The molecular formula is C28H29NO7. The van der Waals surface area contributed by atoms with Gasteiger partial charge < -0.3 is 19.3 Å². The molecule has 2 aromatic carbocycles. The van der Waals surface area contributed by atoms with Crippen molar-refractivity contribution in [3.05, 3.63) is 95.8 Å². The first-order valence-corrected chi connectivity index (χ1v) is 11.9. The van der Waals surface area contributed by atoms with Crippen molar-refractivity contribution in [3.8, 4) is 0 Å². The van der Waals surface area contributed by atoms with Gasteiger partial charge in [-0.2, -0.15) is 0 Å². The Morgan fingerprint density at radius 1 is 1.06 bits per heavy atom. The molecular weight excluding hydrogens is 462 g/mol. The molecule has 1 N–H and O–H groups in total. The molecule has 4 rings (SSSR count). The fourth-order valence-electron chi connectivity index (χ4n) is 4.31. The van der Waals surface area contributed by atoms with Crippen LogP contribution in [0.15, 0.2) is 84.7 Å². The Bertz CT molecular complexity index is 1110. The number of hydrogen-bond acceptors (Lipinski definition) is 7. The lowest BCUT2D eigenvalue weighted by atomic mass is 9.88. The van der Waals surface area contributed by atoms with Gasteiger partial charge in [-0.3, -0.25) is 9.59 Å². The van der Waals surface area contributed by atoms with E-state index in [4.69, 9.17) is 19.3 Å². The van der Waals surface area contributed by atoms with Crippen molar-refractivity contribution in [1.82, 2.24) is 4.90 Å². The Balaban J connectivity index is 1.60. The van der Waals surface area contributed by atoms with Gasteiger partial charge in [0.2, 0.25) is 5.91 Å². The summed E-state index contributed by atoms with van der Waals surface area (Å²) in [6.45, 7) is 0.606. The molecule has 3 unspecified atom stereocenters. The number of cyclic esters (lactones) is 1. The maximum atomic E-state index is 13.9. The summed E-state index contributed by atoms with van der Waals surface area (Å²) in [7, 11) is 0. The number of nitrogens with zero attached hydrogens (tertiary/aromatic N) is 1. The number of ketones is 1. The molecule has 2 aromatic rings. The number of amides is 2. The quantitative estimate of drug-likeness (QED) is 0.509. The van der Waals surface area contributed by atoms with Crippen LogP contribution in [0.4, 0.5) is 4.79 Å². The zero-order valence-electron chi connectivity index (χ0n) is 19.8. The third-order valence-corrected chi connectivity index (χ3v) is 6.07. The van der Waals surface area contributed by atoms with Crippen molar-refractivity contribution in [2.45, 2.75) is 25.0 Å². The topological polar surface area (TPSA) is 102 Å². The van der Waals surface area contributed by atoms with Gasteiger partial charge in [-0.1, -0.05) is 60.7 Å². The van der Waals surface area contributed by atoms with Crippen LogP contribution in [0.25, 0.3) is 0 Å². The zero-order chi connectivity index (χ0) is 25.3. The SMILES string of the molecule is O=C1C=CC(=CCCOCCO)OC1C(Cc1ccccc1)C(=O)N1C(=O)OCC1c1ccccc1. The second-order valence-electron chi connectivity index (χ2n) is 8.51. The third kappa shape index (κ3) is 6.08. The predicted molar refractivity (Wildman–Crippen MR) is 131 cm³/mol. The number of benzene rings is 2. The highest BCUT2D eigenvalue weighted by Gasteiger charge is 2.46. The number of ether oxygens (including phenoxy) is 3. The molecule has 2 heterocycles. The molecule has 1 saturated heterocycles. The highest BCUT2D eigenvalue weighted by Crippen LogP contribution is 2.32. The van der Waals surface area contributed by atoms with Gasteiger partial charge in [-0.25, -0.2) is 9.69 Å². The number of carbonyl (C=O) groups excluding carboxylic acids is 3. The molecule has 2 aliphatic heterocycles. The van der Waals surface area contributed by atoms with Crippen LogP contribution in [0.1, 0.15) is 23.6 Å². The maximum absolute atomic E-state index is 13.9. The Kier molecular flexibility index (Phi) is 8.65. The lowest BCUT2D eigenvalue weighted by molar-refractivity contribution is -0.143. The summed E-state index contributed by atoms with van der Waals surface area (Å²) in [5.74, 6) is -1.37. The number of aliphatic hydroxyl groups is 1. The van der Waals surface area contributed by atoms with Gasteiger partial charge in [0.1, 0.15) is 18.4 Å². The van der Waals surface area contributed by atoms with E-state index in [0.717, 1.165) is 16.0 Å². The van der Waals surface area contributed by atoms with E-state index in [1.165, 1.54) is 6.08 Å². The summed E-state index contributed by atoms with van der Waals surface area (Å²) in [6.07, 6.45) is 3.62. The number of allylic oxidation sites excluding steroid dienone is 1. The van der Waals surface area contributed by atoms with Crippen molar-refractivity contribution in [1.29, 1.82) is 0 Å². The second-order valence-corrected chi connectivity index (χ2v) is 8.51. The number of imide groups is 1. The molecule has 0 radical (unpaired) electrons. The first kappa shape index (κ1) is 25.3. The molecule has 0 aliphatic carbocycles. The first-order valence-electron chi connectivity index (χ1n) is 11.9. The van der Waals surface area contributed by atoms with E-state index < -0.39 is 30.1 Å². The summed E-state index contributed by atoms with van der Waals surface area (Å²) in [5.41, 5.74) is 1.61. The smallest absolute Gasteiger partial charge is 0.417 e. The number of carbonyl (C=O) groups is 3. The monoisotopic (exact) mass is 491 g/mol. The number of rotatable bonds is 10. The summed E-state index contributed by atoms with van der Waals surface area (Å²) in [5, 5.41) is 8.83. The molecule has 8 heteroatoms. The standard InChI is InChI=1S/C28H29NO7/c30-15-17-34-16-7-12-22-13-14-25(31)26(36-22)23(18-20-8-3-1-4-9-20)27(32)29-24(19-35-28(29)33)21-10-5-2-6-11-21/h1-6,8-14,23-24,26,30H,7,15-19H2. The van der Waals surface area contributed by atoms with Crippen molar-refractivity contribution >= 4 is 17.8 Å². The average molecular weight is 492 g/mol. The molecule has 0 spiro atoms. The molecule has 2 amide bonds. The van der Waals surface area contributed by atoms with Crippen LogP contribution >= 0.6 is 0 Å².